The molecule has 3 heterocycles. The fourth-order valence-electron chi connectivity index (χ4n) is 7.04. The van der Waals surface area contributed by atoms with Gasteiger partial charge in [-0.25, -0.2) is 15.0 Å². The molecule has 0 amide bonds. The number of fused-ring (bicyclic) bond motifs is 8. The molecule has 0 atom stereocenters. The van der Waals surface area contributed by atoms with Crippen molar-refractivity contribution in [3.05, 3.63) is 157 Å². The molecule has 3 aromatic heterocycles. The Balaban J connectivity index is 1.21. The van der Waals surface area contributed by atoms with E-state index in [1.165, 1.54) is 10.8 Å². The van der Waals surface area contributed by atoms with Crippen molar-refractivity contribution in [2.24, 2.45) is 0 Å². The van der Waals surface area contributed by atoms with Crippen LogP contribution >= 0.6 is 11.6 Å². The Bertz CT molecular complexity index is 2890. The topological polar surface area (TPSA) is 56.7 Å². The number of halogens is 1. The molecule has 0 unspecified atom stereocenters. The number of para-hydroxylation sites is 3. The first-order valence-corrected chi connectivity index (χ1v) is 16.5. The minimum atomic E-state index is 0.593. The average Bonchev–Trinajstić information content (AvgIpc) is 3.72. The second-order valence-corrected chi connectivity index (χ2v) is 12.6. The van der Waals surface area contributed by atoms with Gasteiger partial charge in [0, 0.05) is 43.9 Å². The Labute approximate surface area is 285 Å². The molecular weight excluding hydrogens is 624 g/mol. The fraction of sp³-hybridized carbons (Fsp3) is 0. The van der Waals surface area contributed by atoms with Gasteiger partial charge in [-0.3, -0.25) is 0 Å². The zero-order chi connectivity index (χ0) is 32.5. The number of benzene rings is 7. The molecule has 10 rings (SSSR count). The highest BCUT2D eigenvalue weighted by molar-refractivity contribution is 6.36. The third-order valence-electron chi connectivity index (χ3n) is 9.30. The van der Waals surface area contributed by atoms with Gasteiger partial charge in [-0.1, -0.05) is 121 Å². The minimum absolute atomic E-state index is 0.593. The van der Waals surface area contributed by atoms with Crippen LogP contribution in [0.4, 0.5) is 0 Å². The molecule has 0 aliphatic carbocycles. The Morgan fingerprint density at radius 3 is 1.92 bits per heavy atom. The number of nitrogens with zero attached hydrogens (tertiary/aromatic N) is 4. The first kappa shape index (κ1) is 27.8. The molecule has 7 aromatic carbocycles. The number of furan rings is 1. The van der Waals surface area contributed by atoms with Gasteiger partial charge in [0.1, 0.15) is 5.58 Å². The smallest absolute Gasteiger partial charge is 0.164 e. The molecule has 6 heteroatoms. The zero-order valence-electron chi connectivity index (χ0n) is 26.0. The summed E-state index contributed by atoms with van der Waals surface area (Å²) in [5.74, 6) is 1.81. The maximum atomic E-state index is 6.54. The van der Waals surface area contributed by atoms with Crippen molar-refractivity contribution in [3.63, 3.8) is 0 Å². The van der Waals surface area contributed by atoms with Gasteiger partial charge in [-0.15, -0.1) is 0 Å². The van der Waals surface area contributed by atoms with E-state index in [9.17, 15) is 0 Å². The number of aromatic nitrogens is 4. The highest BCUT2D eigenvalue weighted by Gasteiger charge is 2.18. The molecule has 5 nitrogen and oxygen atoms in total. The normalized spacial score (nSPS) is 11.8. The molecule has 0 N–H and O–H groups in total. The van der Waals surface area contributed by atoms with E-state index in [2.05, 4.69) is 102 Å². The summed E-state index contributed by atoms with van der Waals surface area (Å²) in [5.41, 5.74) is 7.53. The van der Waals surface area contributed by atoms with Crippen molar-refractivity contribution in [3.8, 4) is 39.9 Å². The van der Waals surface area contributed by atoms with Crippen LogP contribution < -0.4 is 0 Å². The molecule has 49 heavy (non-hydrogen) atoms. The van der Waals surface area contributed by atoms with Gasteiger partial charge >= 0.3 is 0 Å². The van der Waals surface area contributed by atoms with E-state index in [1.807, 2.05) is 54.6 Å². The summed E-state index contributed by atoms with van der Waals surface area (Å²) in [6.07, 6.45) is 0. The summed E-state index contributed by atoms with van der Waals surface area (Å²) >= 11 is 6.54. The van der Waals surface area contributed by atoms with Crippen LogP contribution in [0.15, 0.2) is 156 Å². The van der Waals surface area contributed by atoms with Crippen molar-refractivity contribution in [2.75, 3.05) is 0 Å². The number of rotatable bonds is 4. The predicted molar refractivity (Wildman–Crippen MR) is 200 cm³/mol. The second kappa shape index (κ2) is 10.9. The van der Waals surface area contributed by atoms with E-state index in [4.69, 9.17) is 31.0 Å². The maximum Gasteiger partial charge on any atom is 0.164 e. The molecule has 0 bridgehead atoms. The SMILES string of the molecule is Clc1cccc2c1oc1ccc3ccc(-c4nc(-c5ccccc5)nc(-c5ccc6c7ccccc7n(-c7ccccc7)c6c5)n4)cc3c12. The van der Waals surface area contributed by atoms with Gasteiger partial charge in [0.25, 0.3) is 0 Å². The van der Waals surface area contributed by atoms with Crippen LogP contribution in [0.5, 0.6) is 0 Å². The van der Waals surface area contributed by atoms with Crippen LogP contribution in [0.25, 0.3) is 94.4 Å². The molecule has 0 saturated carbocycles. The maximum absolute atomic E-state index is 6.54. The molecule has 0 aliphatic heterocycles. The zero-order valence-corrected chi connectivity index (χ0v) is 26.8. The molecule has 0 aliphatic rings. The van der Waals surface area contributed by atoms with Crippen molar-refractivity contribution < 1.29 is 4.42 Å². The number of hydrogen-bond donors (Lipinski definition) is 0. The van der Waals surface area contributed by atoms with Gasteiger partial charge < -0.3 is 8.98 Å². The second-order valence-electron chi connectivity index (χ2n) is 12.2. The van der Waals surface area contributed by atoms with Gasteiger partial charge in [0.05, 0.1) is 16.1 Å². The number of hydrogen-bond acceptors (Lipinski definition) is 4. The molecule has 0 radical (unpaired) electrons. The van der Waals surface area contributed by atoms with E-state index in [0.29, 0.717) is 28.1 Å². The van der Waals surface area contributed by atoms with Gasteiger partial charge in [-0.05, 0) is 53.2 Å². The lowest BCUT2D eigenvalue weighted by atomic mass is 10.0. The molecule has 230 valence electrons. The van der Waals surface area contributed by atoms with Crippen LogP contribution in [0.3, 0.4) is 0 Å². The van der Waals surface area contributed by atoms with E-state index < -0.39 is 0 Å². The van der Waals surface area contributed by atoms with Crippen LogP contribution in [-0.4, -0.2) is 19.5 Å². The van der Waals surface area contributed by atoms with E-state index in [1.54, 1.807) is 0 Å². The van der Waals surface area contributed by atoms with Gasteiger partial charge in [-0.2, -0.15) is 0 Å². The molecule has 10 aromatic rings. The molecular formula is C43H25ClN4O. The average molecular weight is 649 g/mol. The summed E-state index contributed by atoms with van der Waals surface area (Å²) in [6, 6.07) is 51.9. The van der Waals surface area contributed by atoms with E-state index >= 15 is 0 Å². The Morgan fingerprint density at radius 2 is 1.10 bits per heavy atom. The predicted octanol–water partition coefficient (Wildman–Crippen LogP) is 11.7. The summed E-state index contributed by atoms with van der Waals surface area (Å²) < 4.78 is 8.52. The lowest BCUT2D eigenvalue weighted by Crippen LogP contribution is -2.00. The van der Waals surface area contributed by atoms with Crippen LogP contribution in [0.1, 0.15) is 0 Å². The summed E-state index contributed by atoms with van der Waals surface area (Å²) in [5, 5.41) is 7.11. The monoisotopic (exact) mass is 648 g/mol. The van der Waals surface area contributed by atoms with Crippen molar-refractivity contribution in [2.45, 2.75) is 0 Å². The summed E-state index contributed by atoms with van der Waals surface area (Å²) in [6.45, 7) is 0. The third-order valence-corrected chi connectivity index (χ3v) is 9.60. The minimum Gasteiger partial charge on any atom is -0.454 e. The Hall–Kier alpha value is -6.30. The fourth-order valence-corrected chi connectivity index (χ4v) is 7.25. The molecule has 0 spiro atoms. The van der Waals surface area contributed by atoms with Crippen molar-refractivity contribution >= 4 is 66.1 Å². The van der Waals surface area contributed by atoms with E-state index in [0.717, 1.165) is 60.5 Å². The van der Waals surface area contributed by atoms with Gasteiger partial charge in [0.2, 0.25) is 0 Å². The molecule has 0 saturated heterocycles. The highest BCUT2D eigenvalue weighted by Crippen LogP contribution is 2.39. The van der Waals surface area contributed by atoms with Crippen LogP contribution in [0, 0.1) is 0 Å². The van der Waals surface area contributed by atoms with Crippen molar-refractivity contribution in [1.29, 1.82) is 0 Å². The first-order valence-electron chi connectivity index (χ1n) is 16.1. The van der Waals surface area contributed by atoms with Crippen molar-refractivity contribution in [1.82, 2.24) is 19.5 Å². The van der Waals surface area contributed by atoms with Gasteiger partial charge in [0.15, 0.2) is 23.1 Å². The van der Waals surface area contributed by atoms with Crippen LogP contribution in [0.2, 0.25) is 5.02 Å². The quantitative estimate of drug-likeness (QED) is 0.190. The molecule has 0 fully saturated rings. The highest BCUT2D eigenvalue weighted by atomic mass is 35.5. The lowest BCUT2D eigenvalue weighted by molar-refractivity contribution is 0.669. The van der Waals surface area contributed by atoms with Crippen LogP contribution in [-0.2, 0) is 0 Å². The Morgan fingerprint density at radius 1 is 0.469 bits per heavy atom. The van der Waals surface area contributed by atoms with E-state index in [-0.39, 0.29) is 0 Å². The third kappa shape index (κ3) is 4.44. The first-order chi connectivity index (χ1) is 24.2. The largest absolute Gasteiger partial charge is 0.454 e. The summed E-state index contributed by atoms with van der Waals surface area (Å²) in [4.78, 5) is 15.2. The standard InChI is InChI=1S/C43H25ClN4O/c44-35-16-9-15-33-39-34-24-28(19-18-26(34)21-23-38(39)49-40(33)35)42-45-41(27-10-3-1-4-11-27)46-43(47-42)29-20-22-32-31-14-7-8-17-36(31)48(37(32)25-29)30-12-5-2-6-13-30/h1-25H. The summed E-state index contributed by atoms with van der Waals surface area (Å²) in [7, 11) is 0. The lowest BCUT2D eigenvalue weighted by Gasteiger charge is -2.11. The Kier molecular flexibility index (Phi) is 6.16.